The first kappa shape index (κ1) is 14.3. The van der Waals surface area contributed by atoms with Crippen molar-refractivity contribution in [3.63, 3.8) is 0 Å². The first-order valence-corrected chi connectivity index (χ1v) is 6.76. The van der Waals surface area contributed by atoms with Crippen LogP contribution < -0.4 is 16.6 Å². The molecule has 0 bridgehead atoms. The summed E-state index contributed by atoms with van der Waals surface area (Å²) in [7, 11) is 0. The van der Waals surface area contributed by atoms with Crippen molar-refractivity contribution in [1.29, 1.82) is 0 Å². The van der Waals surface area contributed by atoms with Crippen molar-refractivity contribution >= 4 is 11.5 Å². The molecule has 0 radical (unpaired) electrons. The number of nitrogens with two attached hydrogens (primary N) is 1. The Kier molecular flexibility index (Phi) is 4.53. The number of nitrogens with zero attached hydrogens (tertiary/aromatic N) is 1. The van der Waals surface area contributed by atoms with Crippen molar-refractivity contribution in [2.45, 2.75) is 26.2 Å². The molecule has 2 rings (SSSR count). The molecule has 0 aliphatic heterocycles. The zero-order chi connectivity index (χ0) is 14.5. The maximum absolute atomic E-state index is 11.6. The molecule has 5 heteroatoms. The van der Waals surface area contributed by atoms with Gasteiger partial charge in [-0.25, -0.2) is 4.98 Å². The van der Waals surface area contributed by atoms with Gasteiger partial charge in [-0.15, -0.1) is 0 Å². The number of anilines is 2. The van der Waals surface area contributed by atoms with E-state index in [2.05, 4.69) is 15.3 Å². The highest BCUT2D eigenvalue weighted by atomic mass is 16.1. The minimum absolute atomic E-state index is 0.147. The molecule has 1 heterocycles. The fraction of sp³-hybridized carbons (Fsp3) is 0.333. The highest BCUT2D eigenvalue weighted by molar-refractivity contribution is 5.56. The van der Waals surface area contributed by atoms with Gasteiger partial charge in [-0.05, 0) is 30.7 Å². The molecule has 20 heavy (non-hydrogen) atoms. The quantitative estimate of drug-likeness (QED) is 0.778. The normalized spacial score (nSPS) is 10.8. The Morgan fingerprint density at radius 1 is 1.30 bits per heavy atom. The van der Waals surface area contributed by atoms with Crippen molar-refractivity contribution in [2.75, 3.05) is 11.9 Å². The highest BCUT2D eigenvalue weighted by Crippen LogP contribution is 2.16. The number of benzene rings is 1. The number of hydrogen-bond acceptors (Lipinski definition) is 4. The molecule has 0 aliphatic carbocycles. The summed E-state index contributed by atoms with van der Waals surface area (Å²) in [5.41, 5.74) is 7.47. The van der Waals surface area contributed by atoms with E-state index in [0.717, 1.165) is 12.1 Å². The molecule has 4 N–H and O–H groups in total. The summed E-state index contributed by atoms with van der Waals surface area (Å²) in [5, 5.41) is 3.15. The molecular weight excluding hydrogens is 252 g/mol. The molecule has 106 valence electrons. The number of aromatic amines is 1. The van der Waals surface area contributed by atoms with E-state index in [1.54, 1.807) is 0 Å². The van der Waals surface area contributed by atoms with Gasteiger partial charge in [-0.3, -0.25) is 4.79 Å². The van der Waals surface area contributed by atoms with Crippen LogP contribution in [0, 0.1) is 0 Å². The lowest BCUT2D eigenvalue weighted by Gasteiger charge is -2.09. The van der Waals surface area contributed by atoms with Crippen molar-refractivity contribution < 1.29 is 0 Å². The Morgan fingerprint density at radius 2 is 2.00 bits per heavy atom. The topological polar surface area (TPSA) is 83.8 Å². The standard InChI is InChI=1S/C15H20N4O/c1-10(2)15-18-13(9-14(20)19-15)17-12-5-3-11(4-6-12)7-8-16/h3-6,9-10H,7-8,16H2,1-2H3,(H2,17,18,19,20). The number of rotatable bonds is 5. The second-order valence-corrected chi connectivity index (χ2v) is 5.03. The van der Waals surface area contributed by atoms with Gasteiger partial charge in [0.25, 0.3) is 5.56 Å². The van der Waals surface area contributed by atoms with E-state index >= 15 is 0 Å². The van der Waals surface area contributed by atoms with Crippen LogP contribution in [0.4, 0.5) is 11.5 Å². The van der Waals surface area contributed by atoms with E-state index in [-0.39, 0.29) is 11.5 Å². The van der Waals surface area contributed by atoms with E-state index in [1.165, 1.54) is 11.6 Å². The SMILES string of the molecule is CC(C)c1nc(Nc2ccc(CCN)cc2)cc(=O)[nH]1. The summed E-state index contributed by atoms with van der Waals surface area (Å²) < 4.78 is 0. The second-order valence-electron chi connectivity index (χ2n) is 5.03. The Morgan fingerprint density at radius 3 is 2.60 bits per heavy atom. The minimum atomic E-state index is -0.147. The zero-order valence-electron chi connectivity index (χ0n) is 11.8. The van der Waals surface area contributed by atoms with Gasteiger partial charge in [0.15, 0.2) is 0 Å². The largest absolute Gasteiger partial charge is 0.340 e. The van der Waals surface area contributed by atoms with Gasteiger partial charge in [0.2, 0.25) is 0 Å². The predicted molar refractivity (Wildman–Crippen MR) is 81.4 cm³/mol. The average Bonchev–Trinajstić information content (AvgIpc) is 2.40. The Balaban J connectivity index is 2.19. The number of nitrogens with one attached hydrogen (secondary N) is 2. The third-order valence-corrected chi connectivity index (χ3v) is 2.97. The van der Waals surface area contributed by atoms with Gasteiger partial charge < -0.3 is 16.0 Å². The lowest BCUT2D eigenvalue weighted by Crippen LogP contribution is -2.13. The molecule has 0 unspecified atom stereocenters. The van der Waals surface area contributed by atoms with Crippen LogP contribution in [-0.2, 0) is 6.42 Å². The van der Waals surface area contributed by atoms with Crippen LogP contribution in [0.25, 0.3) is 0 Å². The van der Waals surface area contributed by atoms with E-state index < -0.39 is 0 Å². The van der Waals surface area contributed by atoms with E-state index in [9.17, 15) is 4.79 Å². The van der Waals surface area contributed by atoms with Crippen molar-refractivity contribution in [3.8, 4) is 0 Å². The van der Waals surface area contributed by atoms with Crippen molar-refractivity contribution in [2.24, 2.45) is 5.73 Å². The highest BCUT2D eigenvalue weighted by Gasteiger charge is 2.05. The van der Waals surface area contributed by atoms with Gasteiger partial charge in [0, 0.05) is 17.7 Å². The molecule has 2 aromatic rings. The third kappa shape index (κ3) is 3.68. The summed E-state index contributed by atoms with van der Waals surface area (Å²) >= 11 is 0. The molecule has 0 aliphatic rings. The average molecular weight is 272 g/mol. The fourth-order valence-corrected chi connectivity index (χ4v) is 1.88. The summed E-state index contributed by atoms with van der Waals surface area (Å²) in [5.74, 6) is 1.42. The van der Waals surface area contributed by atoms with Crippen LogP contribution >= 0.6 is 0 Å². The van der Waals surface area contributed by atoms with Crippen LogP contribution in [0.5, 0.6) is 0 Å². The minimum Gasteiger partial charge on any atom is -0.340 e. The van der Waals surface area contributed by atoms with Crippen molar-refractivity contribution in [1.82, 2.24) is 9.97 Å². The molecule has 1 aromatic heterocycles. The second kappa shape index (κ2) is 6.34. The van der Waals surface area contributed by atoms with Crippen LogP contribution in [-0.4, -0.2) is 16.5 Å². The van der Waals surface area contributed by atoms with Crippen LogP contribution in [0.3, 0.4) is 0 Å². The van der Waals surface area contributed by atoms with Gasteiger partial charge >= 0.3 is 0 Å². The molecule has 0 fully saturated rings. The first-order chi connectivity index (χ1) is 9.58. The molecule has 5 nitrogen and oxygen atoms in total. The molecule has 0 saturated heterocycles. The smallest absolute Gasteiger partial charge is 0.252 e. The lowest BCUT2D eigenvalue weighted by atomic mass is 10.1. The van der Waals surface area contributed by atoms with Crippen LogP contribution in [0.2, 0.25) is 0 Å². The Hall–Kier alpha value is -2.14. The summed E-state index contributed by atoms with van der Waals surface area (Å²) in [4.78, 5) is 18.7. The number of aromatic nitrogens is 2. The monoisotopic (exact) mass is 272 g/mol. The summed E-state index contributed by atoms with van der Waals surface area (Å²) in [6.07, 6.45) is 0.862. The predicted octanol–water partition coefficient (Wildman–Crippen LogP) is 2.14. The number of H-pyrrole nitrogens is 1. The summed E-state index contributed by atoms with van der Waals surface area (Å²) in [6.45, 7) is 4.62. The Labute approximate surface area is 118 Å². The zero-order valence-corrected chi connectivity index (χ0v) is 11.8. The van der Waals surface area contributed by atoms with Gasteiger partial charge in [0.05, 0.1) is 0 Å². The lowest BCUT2D eigenvalue weighted by molar-refractivity contribution is 0.769. The molecule has 0 saturated carbocycles. The van der Waals surface area contributed by atoms with Crippen LogP contribution in [0.1, 0.15) is 31.2 Å². The third-order valence-electron chi connectivity index (χ3n) is 2.97. The maximum atomic E-state index is 11.6. The summed E-state index contributed by atoms with van der Waals surface area (Å²) in [6, 6.07) is 9.42. The van der Waals surface area contributed by atoms with Crippen molar-refractivity contribution in [3.05, 3.63) is 52.1 Å². The van der Waals surface area contributed by atoms with E-state index in [1.807, 2.05) is 38.1 Å². The molecular formula is C15H20N4O. The van der Waals surface area contributed by atoms with Gasteiger partial charge in [0.1, 0.15) is 11.6 Å². The number of hydrogen-bond donors (Lipinski definition) is 3. The first-order valence-electron chi connectivity index (χ1n) is 6.76. The molecule has 0 amide bonds. The Bertz CT molecular complexity index is 617. The van der Waals surface area contributed by atoms with Gasteiger partial charge in [-0.1, -0.05) is 26.0 Å². The molecule has 0 atom stereocenters. The molecule has 0 spiro atoms. The van der Waals surface area contributed by atoms with E-state index in [4.69, 9.17) is 5.73 Å². The van der Waals surface area contributed by atoms with E-state index in [0.29, 0.717) is 18.2 Å². The van der Waals surface area contributed by atoms with Crippen LogP contribution in [0.15, 0.2) is 35.1 Å². The molecule has 1 aromatic carbocycles. The maximum Gasteiger partial charge on any atom is 0.252 e. The fourth-order valence-electron chi connectivity index (χ4n) is 1.88. The van der Waals surface area contributed by atoms with Gasteiger partial charge in [-0.2, -0.15) is 0 Å².